The molecule has 0 saturated heterocycles. The third-order valence-electron chi connectivity index (χ3n) is 4.24. The number of benzene rings is 2. The first kappa shape index (κ1) is 18.1. The Morgan fingerprint density at radius 2 is 1.88 bits per heavy atom. The molecule has 0 atom stereocenters. The van der Waals surface area contributed by atoms with Crippen LogP contribution in [-0.4, -0.2) is 32.6 Å². The van der Waals surface area contributed by atoms with Crippen LogP contribution in [0.4, 0.5) is 11.4 Å². The molecule has 2 aromatic carbocycles. The van der Waals surface area contributed by atoms with E-state index in [4.69, 9.17) is 21.1 Å². The third-order valence-corrected chi connectivity index (χ3v) is 4.54. The summed E-state index contributed by atoms with van der Waals surface area (Å²) in [5.41, 5.74) is 2.25. The Labute approximate surface area is 156 Å². The minimum atomic E-state index is -0.338. The van der Waals surface area contributed by atoms with Crippen LogP contribution in [0.1, 0.15) is 12.0 Å². The van der Waals surface area contributed by atoms with Gasteiger partial charge in [-0.05, 0) is 24.1 Å². The molecule has 1 aliphatic heterocycles. The standard InChI is InChI=1S/C19H19ClN2O4/c1-25-16-10-17(26-2)14(9-13(16)20)21-18(23)11-22-15-6-4-3-5-12(15)7-8-19(22)24/h3-6,9-10H,7-8,11H2,1-2H3,(H,21,23). The SMILES string of the molecule is COc1cc(OC)c(NC(=O)CN2C(=O)CCc3ccccc32)cc1Cl. The number of carbonyl (C=O) groups excluding carboxylic acids is 2. The molecule has 2 aromatic rings. The number of halogens is 1. The molecular formula is C19H19ClN2O4. The van der Waals surface area contributed by atoms with Crippen LogP contribution in [0.2, 0.25) is 5.02 Å². The Kier molecular flexibility index (Phi) is 5.32. The molecule has 0 fully saturated rings. The Balaban J connectivity index is 1.80. The number of carbonyl (C=O) groups is 2. The summed E-state index contributed by atoms with van der Waals surface area (Å²) < 4.78 is 10.4. The maximum absolute atomic E-state index is 12.5. The highest BCUT2D eigenvalue weighted by Gasteiger charge is 2.26. The lowest BCUT2D eigenvalue weighted by Crippen LogP contribution is -2.40. The number of fused-ring (bicyclic) bond motifs is 1. The van der Waals surface area contributed by atoms with Gasteiger partial charge in [-0.2, -0.15) is 0 Å². The van der Waals surface area contributed by atoms with E-state index < -0.39 is 0 Å². The van der Waals surface area contributed by atoms with Crippen molar-refractivity contribution >= 4 is 34.8 Å². The molecule has 0 radical (unpaired) electrons. The Morgan fingerprint density at radius 3 is 2.62 bits per heavy atom. The number of rotatable bonds is 5. The largest absolute Gasteiger partial charge is 0.495 e. The summed E-state index contributed by atoms with van der Waals surface area (Å²) in [5, 5.41) is 3.10. The van der Waals surface area contributed by atoms with Gasteiger partial charge in [0.05, 0.1) is 24.9 Å². The van der Waals surface area contributed by atoms with E-state index in [2.05, 4.69) is 5.32 Å². The van der Waals surface area contributed by atoms with E-state index in [0.29, 0.717) is 35.1 Å². The van der Waals surface area contributed by atoms with Gasteiger partial charge in [-0.25, -0.2) is 0 Å². The van der Waals surface area contributed by atoms with E-state index in [1.54, 1.807) is 12.1 Å². The second-order valence-electron chi connectivity index (χ2n) is 5.84. The summed E-state index contributed by atoms with van der Waals surface area (Å²) in [7, 11) is 2.99. The Hall–Kier alpha value is -2.73. The van der Waals surface area contributed by atoms with Crippen LogP contribution >= 0.6 is 11.6 Å². The van der Waals surface area contributed by atoms with Gasteiger partial charge >= 0.3 is 0 Å². The highest BCUT2D eigenvalue weighted by molar-refractivity contribution is 6.32. The van der Waals surface area contributed by atoms with Gasteiger partial charge in [0.15, 0.2) is 0 Å². The second kappa shape index (κ2) is 7.66. The van der Waals surface area contributed by atoms with E-state index in [9.17, 15) is 9.59 Å². The van der Waals surface area contributed by atoms with Gasteiger partial charge in [0.25, 0.3) is 0 Å². The average Bonchev–Trinajstić information content (AvgIpc) is 2.64. The second-order valence-corrected chi connectivity index (χ2v) is 6.25. The molecule has 7 heteroatoms. The van der Waals surface area contributed by atoms with Gasteiger partial charge in [-0.3, -0.25) is 9.59 Å². The van der Waals surface area contributed by atoms with E-state index in [1.165, 1.54) is 19.1 Å². The molecule has 0 saturated carbocycles. The fourth-order valence-corrected chi connectivity index (χ4v) is 3.20. The zero-order valence-electron chi connectivity index (χ0n) is 14.5. The summed E-state index contributed by atoms with van der Waals surface area (Å²) >= 11 is 6.13. The highest BCUT2D eigenvalue weighted by atomic mass is 35.5. The zero-order valence-corrected chi connectivity index (χ0v) is 15.3. The fraction of sp³-hybridized carbons (Fsp3) is 0.263. The number of methoxy groups -OCH3 is 2. The number of ether oxygens (including phenoxy) is 2. The number of amides is 2. The number of hydrogen-bond donors (Lipinski definition) is 1. The predicted octanol–water partition coefficient (Wildman–Crippen LogP) is 3.28. The Bertz CT molecular complexity index is 853. The lowest BCUT2D eigenvalue weighted by Gasteiger charge is -2.28. The van der Waals surface area contributed by atoms with Crippen LogP contribution in [-0.2, 0) is 16.0 Å². The van der Waals surface area contributed by atoms with Crippen LogP contribution in [0, 0.1) is 0 Å². The van der Waals surface area contributed by atoms with Crippen molar-refractivity contribution in [1.82, 2.24) is 0 Å². The van der Waals surface area contributed by atoms with Crippen LogP contribution in [0.15, 0.2) is 36.4 Å². The normalized spacial score (nSPS) is 13.2. The average molecular weight is 375 g/mol. The van der Waals surface area contributed by atoms with Crippen molar-refractivity contribution in [3.8, 4) is 11.5 Å². The van der Waals surface area contributed by atoms with Crippen molar-refractivity contribution in [2.45, 2.75) is 12.8 Å². The summed E-state index contributed by atoms with van der Waals surface area (Å²) in [6.45, 7) is -0.0807. The maximum Gasteiger partial charge on any atom is 0.244 e. The number of nitrogens with zero attached hydrogens (tertiary/aromatic N) is 1. The highest BCUT2D eigenvalue weighted by Crippen LogP contribution is 2.36. The van der Waals surface area contributed by atoms with E-state index in [0.717, 1.165) is 11.3 Å². The number of para-hydroxylation sites is 1. The molecule has 0 aromatic heterocycles. The van der Waals surface area contributed by atoms with Gasteiger partial charge < -0.3 is 19.7 Å². The summed E-state index contributed by atoms with van der Waals surface area (Å²) in [6, 6.07) is 10.8. The smallest absolute Gasteiger partial charge is 0.244 e. The first-order chi connectivity index (χ1) is 12.5. The van der Waals surface area contributed by atoms with Crippen LogP contribution in [0.3, 0.4) is 0 Å². The molecule has 2 amide bonds. The van der Waals surface area contributed by atoms with Crippen molar-refractivity contribution in [1.29, 1.82) is 0 Å². The van der Waals surface area contributed by atoms with Gasteiger partial charge in [-0.1, -0.05) is 29.8 Å². The van der Waals surface area contributed by atoms with E-state index >= 15 is 0 Å². The lowest BCUT2D eigenvalue weighted by atomic mass is 10.0. The minimum absolute atomic E-state index is 0.0708. The van der Waals surface area contributed by atoms with Crippen molar-refractivity contribution < 1.29 is 19.1 Å². The van der Waals surface area contributed by atoms with Crippen LogP contribution in [0.25, 0.3) is 0 Å². The van der Waals surface area contributed by atoms with Gasteiger partial charge in [0, 0.05) is 18.2 Å². The van der Waals surface area contributed by atoms with E-state index in [1.807, 2.05) is 24.3 Å². The molecule has 3 rings (SSSR count). The van der Waals surface area contributed by atoms with Gasteiger partial charge in [-0.15, -0.1) is 0 Å². The molecular weight excluding hydrogens is 356 g/mol. The first-order valence-corrected chi connectivity index (χ1v) is 8.51. The summed E-state index contributed by atoms with van der Waals surface area (Å²) in [6.07, 6.45) is 1.08. The molecule has 1 heterocycles. The molecule has 0 bridgehead atoms. The molecule has 0 unspecified atom stereocenters. The van der Waals surface area contributed by atoms with Crippen molar-refractivity contribution in [2.75, 3.05) is 31.0 Å². The number of hydrogen-bond acceptors (Lipinski definition) is 4. The molecule has 1 aliphatic rings. The zero-order chi connectivity index (χ0) is 18.7. The third kappa shape index (κ3) is 3.60. The summed E-state index contributed by atoms with van der Waals surface area (Å²) in [4.78, 5) is 26.3. The van der Waals surface area contributed by atoms with Crippen molar-refractivity contribution in [3.05, 3.63) is 47.0 Å². The number of anilines is 2. The molecule has 0 aliphatic carbocycles. The molecule has 6 nitrogen and oxygen atoms in total. The first-order valence-electron chi connectivity index (χ1n) is 8.13. The molecule has 0 spiro atoms. The van der Waals surface area contributed by atoms with Crippen molar-refractivity contribution in [3.63, 3.8) is 0 Å². The Morgan fingerprint density at radius 1 is 1.15 bits per heavy atom. The van der Waals surface area contributed by atoms with E-state index in [-0.39, 0.29) is 18.4 Å². The maximum atomic E-state index is 12.5. The molecule has 1 N–H and O–H groups in total. The van der Waals surface area contributed by atoms with Crippen LogP contribution in [0.5, 0.6) is 11.5 Å². The lowest BCUT2D eigenvalue weighted by molar-refractivity contribution is -0.121. The quantitative estimate of drug-likeness (QED) is 0.872. The van der Waals surface area contributed by atoms with Gasteiger partial charge in [0.1, 0.15) is 18.0 Å². The predicted molar refractivity (Wildman–Crippen MR) is 100 cm³/mol. The van der Waals surface area contributed by atoms with Crippen LogP contribution < -0.4 is 19.7 Å². The molecule has 136 valence electrons. The van der Waals surface area contributed by atoms with Crippen molar-refractivity contribution in [2.24, 2.45) is 0 Å². The van der Waals surface area contributed by atoms with Gasteiger partial charge in [0.2, 0.25) is 11.8 Å². The topological polar surface area (TPSA) is 67.9 Å². The minimum Gasteiger partial charge on any atom is -0.495 e. The summed E-state index contributed by atoms with van der Waals surface area (Å²) in [5.74, 6) is 0.458. The molecule has 26 heavy (non-hydrogen) atoms. The number of aryl methyl sites for hydroxylation is 1. The number of nitrogens with one attached hydrogen (secondary N) is 1. The monoisotopic (exact) mass is 374 g/mol. The fourth-order valence-electron chi connectivity index (χ4n) is 2.96.